The molecule has 116 valence electrons. The van der Waals surface area contributed by atoms with Gasteiger partial charge in [-0.25, -0.2) is 0 Å². The largest absolute Gasteiger partial charge is 0.310 e. The van der Waals surface area contributed by atoms with E-state index in [2.05, 4.69) is 72.7 Å². The van der Waals surface area contributed by atoms with Gasteiger partial charge in [-0.15, -0.1) is 0 Å². The van der Waals surface area contributed by atoms with Gasteiger partial charge in [0.25, 0.3) is 0 Å². The lowest BCUT2D eigenvalue weighted by molar-refractivity contribution is 1.07. The Morgan fingerprint density at radius 1 is 0.818 bits per heavy atom. The van der Waals surface area contributed by atoms with Gasteiger partial charge in [0.05, 0.1) is 5.52 Å². The van der Waals surface area contributed by atoms with Crippen LogP contribution in [0.2, 0.25) is 0 Å². The third kappa shape index (κ3) is 3.30. The highest BCUT2D eigenvalue weighted by Crippen LogP contribution is 2.13. The maximum absolute atomic E-state index is 4.21. The number of benzene rings is 2. The predicted molar refractivity (Wildman–Crippen MR) is 101 cm³/mol. The molecule has 0 unspecified atom stereocenters. The van der Waals surface area contributed by atoms with Gasteiger partial charge >= 0.3 is 0 Å². The fourth-order valence-corrected chi connectivity index (χ4v) is 2.49. The summed E-state index contributed by atoms with van der Waals surface area (Å²) in [5.74, 6) is 0. The fourth-order valence-electron chi connectivity index (χ4n) is 2.49. The molecule has 0 radical (unpaired) electrons. The van der Waals surface area contributed by atoms with Gasteiger partial charge in [0.15, 0.2) is 0 Å². The van der Waals surface area contributed by atoms with E-state index in [9.17, 15) is 0 Å². The molecule has 0 atom stereocenters. The summed E-state index contributed by atoms with van der Waals surface area (Å²) in [6.45, 7) is 14.3. The van der Waals surface area contributed by atoms with Crippen LogP contribution in [0.15, 0.2) is 54.6 Å². The van der Waals surface area contributed by atoms with E-state index in [-0.39, 0.29) is 0 Å². The molecule has 0 amide bonds. The van der Waals surface area contributed by atoms with Gasteiger partial charge in [-0.2, -0.15) is 0 Å². The summed E-state index contributed by atoms with van der Waals surface area (Å²) in [5.41, 5.74) is 2.39. The van der Waals surface area contributed by atoms with E-state index in [1.165, 1.54) is 21.9 Å². The summed E-state index contributed by atoms with van der Waals surface area (Å²) in [5, 5.41) is 3.48. The Morgan fingerprint density at radius 2 is 1.36 bits per heavy atom. The summed E-state index contributed by atoms with van der Waals surface area (Å²) < 4.78 is 2.26. The summed E-state index contributed by atoms with van der Waals surface area (Å²) in [7, 11) is 0. The molecule has 1 nitrogen and oxygen atoms in total. The maximum Gasteiger partial charge on any atom is 0.0540 e. The Morgan fingerprint density at radius 3 is 1.95 bits per heavy atom. The third-order valence-electron chi connectivity index (χ3n) is 3.31. The van der Waals surface area contributed by atoms with Gasteiger partial charge in [0.1, 0.15) is 0 Å². The van der Waals surface area contributed by atoms with Gasteiger partial charge < -0.3 is 4.57 Å². The molecule has 0 aliphatic heterocycles. The molecule has 0 bridgehead atoms. The van der Waals surface area contributed by atoms with Crippen LogP contribution in [0.5, 0.6) is 0 Å². The summed E-state index contributed by atoms with van der Waals surface area (Å²) in [6.07, 6.45) is 2.12. The lowest BCUT2D eigenvalue weighted by Crippen LogP contribution is -2.26. The molecule has 0 saturated carbocycles. The van der Waals surface area contributed by atoms with Crippen molar-refractivity contribution in [2.45, 2.75) is 34.6 Å². The molecule has 0 fully saturated rings. The highest BCUT2D eigenvalue weighted by Gasteiger charge is 2.06. The van der Waals surface area contributed by atoms with E-state index in [0.717, 1.165) is 5.22 Å². The van der Waals surface area contributed by atoms with E-state index in [0.29, 0.717) is 0 Å². The van der Waals surface area contributed by atoms with E-state index in [4.69, 9.17) is 0 Å². The molecule has 3 aromatic rings. The van der Waals surface area contributed by atoms with Crippen molar-refractivity contribution in [3.05, 3.63) is 65.2 Å². The number of rotatable bonds is 1. The average Bonchev–Trinajstić information content (AvgIpc) is 2.91. The van der Waals surface area contributed by atoms with Crippen LogP contribution < -0.4 is 10.6 Å². The highest BCUT2D eigenvalue weighted by atomic mass is 15.0. The van der Waals surface area contributed by atoms with E-state index < -0.39 is 0 Å². The molecule has 1 heteroatoms. The van der Waals surface area contributed by atoms with Crippen molar-refractivity contribution in [2.24, 2.45) is 0 Å². The predicted octanol–water partition coefficient (Wildman–Crippen LogP) is 4.89. The SMILES string of the molecule is C=c1/c(=C\C)n(-c2ccccc2)c2ccccc12.CC.CC. The number of nitrogens with zero attached hydrogens (tertiary/aromatic N) is 1. The number of hydrogen-bond donors (Lipinski definition) is 0. The van der Waals surface area contributed by atoms with Gasteiger partial charge in [-0.05, 0) is 25.1 Å². The Balaban J connectivity index is 0.000000561. The van der Waals surface area contributed by atoms with E-state index in [1.807, 2.05) is 33.8 Å². The zero-order chi connectivity index (χ0) is 16.5. The summed E-state index contributed by atoms with van der Waals surface area (Å²) in [4.78, 5) is 0. The van der Waals surface area contributed by atoms with Crippen molar-refractivity contribution in [3.63, 3.8) is 0 Å². The number of fused-ring (bicyclic) bond motifs is 1. The molecule has 0 aliphatic rings. The topological polar surface area (TPSA) is 4.93 Å². The van der Waals surface area contributed by atoms with Crippen LogP contribution in [0.25, 0.3) is 29.2 Å². The number of para-hydroxylation sites is 2. The van der Waals surface area contributed by atoms with Gasteiger partial charge in [-0.3, -0.25) is 0 Å². The second kappa shape index (κ2) is 8.89. The lowest BCUT2D eigenvalue weighted by atomic mass is 10.2. The van der Waals surface area contributed by atoms with Crippen LogP contribution >= 0.6 is 0 Å². The van der Waals surface area contributed by atoms with Crippen LogP contribution in [-0.4, -0.2) is 4.57 Å². The standard InChI is InChI=1S/C17H15N.2C2H6/c1-3-16-13(2)15-11-7-8-12-17(15)18(16)14-9-5-4-6-10-14;2*1-2/h3-12H,2H2,1H3;2*1-2H3/b16-3+;;. The normalized spacial score (nSPS) is 10.5. The molecule has 2 aromatic carbocycles. The molecular formula is C21H27N. The van der Waals surface area contributed by atoms with Gasteiger partial charge in [-0.1, -0.05) is 76.7 Å². The Kier molecular flexibility index (Phi) is 7.18. The van der Waals surface area contributed by atoms with Crippen molar-refractivity contribution >= 4 is 23.6 Å². The van der Waals surface area contributed by atoms with Crippen LogP contribution in [0.4, 0.5) is 0 Å². The van der Waals surface area contributed by atoms with Crippen LogP contribution in [-0.2, 0) is 0 Å². The number of aromatic nitrogens is 1. The molecule has 22 heavy (non-hydrogen) atoms. The average molecular weight is 293 g/mol. The Labute approximate surface area is 134 Å². The molecule has 1 aromatic heterocycles. The van der Waals surface area contributed by atoms with Gasteiger partial charge in [0, 0.05) is 21.6 Å². The second-order valence-corrected chi connectivity index (χ2v) is 4.34. The molecule has 3 rings (SSSR count). The highest BCUT2D eigenvalue weighted by molar-refractivity contribution is 5.83. The second-order valence-electron chi connectivity index (χ2n) is 4.34. The van der Waals surface area contributed by atoms with Crippen molar-refractivity contribution in [3.8, 4) is 5.69 Å². The zero-order valence-electron chi connectivity index (χ0n) is 14.4. The molecular weight excluding hydrogens is 266 g/mol. The number of hydrogen-bond acceptors (Lipinski definition) is 0. The quantitative estimate of drug-likeness (QED) is 0.602. The minimum Gasteiger partial charge on any atom is -0.310 e. The van der Waals surface area contributed by atoms with Crippen LogP contribution in [0.1, 0.15) is 34.6 Å². The van der Waals surface area contributed by atoms with Crippen molar-refractivity contribution in [1.29, 1.82) is 0 Å². The minimum atomic E-state index is 1.09. The molecule has 0 aliphatic carbocycles. The van der Waals surface area contributed by atoms with E-state index in [1.54, 1.807) is 0 Å². The summed E-state index contributed by atoms with van der Waals surface area (Å²) >= 11 is 0. The minimum absolute atomic E-state index is 1.09. The molecule has 0 spiro atoms. The molecule has 1 heterocycles. The smallest absolute Gasteiger partial charge is 0.0540 e. The Bertz CT molecular complexity index is 795. The first-order valence-corrected chi connectivity index (χ1v) is 8.13. The zero-order valence-corrected chi connectivity index (χ0v) is 14.4. The van der Waals surface area contributed by atoms with Crippen LogP contribution in [0, 0.1) is 0 Å². The van der Waals surface area contributed by atoms with Crippen molar-refractivity contribution < 1.29 is 0 Å². The summed E-state index contributed by atoms with van der Waals surface area (Å²) in [6, 6.07) is 18.8. The van der Waals surface area contributed by atoms with Crippen molar-refractivity contribution in [2.75, 3.05) is 0 Å². The Hall–Kier alpha value is -2.28. The molecule has 0 N–H and O–H groups in total. The van der Waals surface area contributed by atoms with Gasteiger partial charge in [0.2, 0.25) is 0 Å². The van der Waals surface area contributed by atoms with E-state index >= 15 is 0 Å². The first-order valence-electron chi connectivity index (χ1n) is 8.13. The van der Waals surface area contributed by atoms with Crippen molar-refractivity contribution in [1.82, 2.24) is 4.57 Å². The molecule has 0 saturated heterocycles. The first kappa shape index (κ1) is 17.8. The monoisotopic (exact) mass is 293 g/mol. The third-order valence-corrected chi connectivity index (χ3v) is 3.31. The first-order chi connectivity index (χ1) is 10.8. The maximum atomic E-state index is 4.21. The fraction of sp³-hybridized carbons (Fsp3) is 0.238. The van der Waals surface area contributed by atoms with Crippen LogP contribution in [0.3, 0.4) is 0 Å². The lowest BCUT2D eigenvalue weighted by Gasteiger charge is -2.05.